The maximum Gasteiger partial charge on any atom is 0.0314 e. The molecule has 1 aromatic rings. The van der Waals surface area contributed by atoms with E-state index in [0.717, 1.165) is 12.5 Å². The van der Waals surface area contributed by atoms with E-state index in [2.05, 4.69) is 48.1 Å². The summed E-state index contributed by atoms with van der Waals surface area (Å²) in [6.45, 7) is 9.05. The van der Waals surface area contributed by atoms with E-state index in [-0.39, 0.29) is 0 Å². The number of rotatable bonds is 4. The first-order valence-electron chi connectivity index (χ1n) is 5.44. The van der Waals surface area contributed by atoms with Crippen molar-refractivity contribution < 1.29 is 0 Å². The summed E-state index contributed by atoms with van der Waals surface area (Å²) in [6.07, 6.45) is 1.38. The fourth-order valence-corrected chi connectivity index (χ4v) is 3.47. The van der Waals surface area contributed by atoms with Crippen molar-refractivity contribution in [3.63, 3.8) is 0 Å². The summed E-state index contributed by atoms with van der Waals surface area (Å²) in [6, 6.07) is 2.23. The molecular weight excluding hydrogens is 270 g/mol. The molecule has 0 amide bonds. The molecule has 0 radical (unpaired) electrons. The van der Waals surface area contributed by atoms with Gasteiger partial charge in [-0.25, -0.2) is 0 Å². The molecule has 0 spiro atoms. The van der Waals surface area contributed by atoms with E-state index in [1.54, 1.807) is 0 Å². The molecule has 1 N–H and O–H groups in total. The lowest BCUT2D eigenvalue weighted by atomic mass is 10.1. The Kier molecular flexibility index (Phi) is 3.25. The van der Waals surface area contributed by atoms with Gasteiger partial charge < -0.3 is 5.32 Å². The molecule has 3 heteroatoms. The number of thiophene rings is 1. The van der Waals surface area contributed by atoms with Crippen LogP contribution in [0.5, 0.6) is 0 Å². The molecule has 1 atom stereocenters. The van der Waals surface area contributed by atoms with Gasteiger partial charge in [-0.3, -0.25) is 0 Å². The number of aryl methyl sites for hydroxylation is 1. The highest BCUT2D eigenvalue weighted by atomic mass is 79.9. The zero-order valence-corrected chi connectivity index (χ0v) is 12.0. The highest BCUT2D eigenvalue weighted by molar-refractivity contribution is 9.10. The Balaban J connectivity index is 1.75. The Morgan fingerprint density at radius 3 is 2.73 bits per heavy atom. The van der Waals surface area contributed by atoms with Gasteiger partial charge in [-0.1, -0.05) is 13.8 Å². The van der Waals surface area contributed by atoms with Gasteiger partial charge in [0.05, 0.1) is 0 Å². The van der Waals surface area contributed by atoms with Gasteiger partial charge >= 0.3 is 0 Å². The molecule has 0 saturated heterocycles. The lowest BCUT2D eigenvalue weighted by Gasteiger charge is -2.04. The highest BCUT2D eigenvalue weighted by Crippen LogP contribution is 2.51. The van der Waals surface area contributed by atoms with Crippen LogP contribution in [-0.2, 0) is 6.54 Å². The Bertz CT molecular complexity index is 337. The molecule has 1 heterocycles. The van der Waals surface area contributed by atoms with Crippen LogP contribution in [0.25, 0.3) is 0 Å². The van der Waals surface area contributed by atoms with E-state index < -0.39 is 0 Å². The summed E-state index contributed by atoms with van der Waals surface area (Å²) in [7, 11) is 0. The van der Waals surface area contributed by atoms with Crippen LogP contribution in [0.2, 0.25) is 0 Å². The SMILES string of the molecule is Cc1sc(CNCC2CC2(C)C)cc1Br. The second-order valence-corrected chi connectivity index (χ2v) is 7.33. The first-order chi connectivity index (χ1) is 6.99. The van der Waals surface area contributed by atoms with Gasteiger partial charge in [0.15, 0.2) is 0 Å². The molecule has 1 unspecified atom stereocenters. The van der Waals surface area contributed by atoms with E-state index in [4.69, 9.17) is 0 Å². The maximum absolute atomic E-state index is 3.55. The number of hydrogen-bond donors (Lipinski definition) is 1. The standard InChI is InChI=1S/C12H18BrNS/c1-8-11(13)4-10(15-8)7-14-6-9-5-12(9,2)3/h4,9,14H,5-7H2,1-3H3. The van der Waals surface area contributed by atoms with Crippen LogP contribution in [0.3, 0.4) is 0 Å². The first-order valence-corrected chi connectivity index (χ1v) is 7.05. The van der Waals surface area contributed by atoms with E-state index >= 15 is 0 Å². The van der Waals surface area contributed by atoms with Crippen LogP contribution >= 0.6 is 27.3 Å². The summed E-state index contributed by atoms with van der Waals surface area (Å²) in [5, 5.41) is 3.55. The normalized spacial score (nSPS) is 23.1. The van der Waals surface area contributed by atoms with Crippen molar-refractivity contribution in [2.24, 2.45) is 11.3 Å². The fraction of sp³-hybridized carbons (Fsp3) is 0.667. The lowest BCUT2D eigenvalue weighted by Crippen LogP contribution is -2.17. The van der Waals surface area contributed by atoms with E-state index in [1.165, 1.54) is 27.2 Å². The molecule has 1 nitrogen and oxygen atoms in total. The largest absolute Gasteiger partial charge is 0.312 e. The van der Waals surface area contributed by atoms with Gasteiger partial charge in [0, 0.05) is 20.8 Å². The molecule has 84 valence electrons. The second-order valence-electron chi connectivity index (χ2n) is 5.14. The summed E-state index contributed by atoms with van der Waals surface area (Å²) >= 11 is 5.43. The average molecular weight is 288 g/mol. The summed E-state index contributed by atoms with van der Waals surface area (Å²) in [5.74, 6) is 0.891. The predicted molar refractivity (Wildman–Crippen MR) is 70.4 cm³/mol. The zero-order valence-electron chi connectivity index (χ0n) is 9.56. The Morgan fingerprint density at radius 2 is 2.27 bits per heavy atom. The third-order valence-corrected chi connectivity index (χ3v) is 5.45. The van der Waals surface area contributed by atoms with Crippen LogP contribution in [0, 0.1) is 18.3 Å². The Morgan fingerprint density at radius 1 is 1.60 bits per heavy atom. The average Bonchev–Trinajstić information content (AvgIpc) is 2.59. The minimum Gasteiger partial charge on any atom is -0.312 e. The minimum atomic E-state index is 0.596. The third kappa shape index (κ3) is 2.83. The van der Waals surface area contributed by atoms with Gasteiger partial charge in [-0.2, -0.15) is 0 Å². The molecule has 1 saturated carbocycles. The smallest absolute Gasteiger partial charge is 0.0314 e. The van der Waals surface area contributed by atoms with Crippen LogP contribution in [0.15, 0.2) is 10.5 Å². The quantitative estimate of drug-likeness (QED) is 0.884. The van der Waals surface area contributed by atoms with Gasteiger partial charge in [-0.05, 0) is 53.2 Å². The fourth-order valence-electron chi connectivity index (χ4n) is 1.90. The van der Waals surface area contributed by atoms with Gasteiger partial charge in [0.25, 0.3) is 0 Å². The van der Waals surface area contributed by atoms with E-state index in [0.29, 0.717) is 5.41 Å². The molecule has 0 bridgehead atoms. The molecule has 0 aliphatic heterocycles. The highest BCUT2D eigenvalue weighted by Gasteiger charge is 2.44. The third-order valence-electron chi connectivity index (χ3n) is 3.32. The van der Waals surface area contributed by atoms with E-state index in [1.807, 2.05) is 11.3 Å². The van der Waals surface area contributed by atoms with Crippen LogP contribution in [0.4, 0.5) is 0 Å². The summed E-state index contributed by atoms with van der Waals surface area (Å²) in [5.41, 5.74) is 0.596. The van der Waals surface area contributed by atoms with E-state index in [9.17, 15) is 0 Å². The van der Waals surface area contributed by atoms with Crippen molar-refractivity contribution in [2.75, 3.05) is 6.54 Å². The topological polar surface area (TPSA) is 12.0 Å². The zero-order chi connectivity index (χ0) is 11.1. The number of nitrogens with one attached hydrogen (secondary N) is 1. The Labute approximate surface area is 104 Å². The van der Waals surface area contributed by atoms with Crippen molar-refractivity contribution >= 4 is 27.3 Å². The van der Waals surface area contributed by atoms with Gasteiger partial charge in [0.2, 0.25) is 0 Å². The maximum atomic E-state index is 3.55. The first kappa shape index (κ1) is 11.6. The van der Waals surface area contributed by atoms with Crippen molar-refractivity contribution in [3.05, 3.63) is 20.3 Å². The monoisotopic (exact) mass is 287 g/mol. The number of halogens is 1. The molecule has 1 aliphatic rings. The van der Waals surface area contributed by atoms with Crippen molar-refractivity contribution in [1.82, 2.24) is 5.32 Å². The Hall–Kier alpha value is 0.140. The summed E-state index contributed by atoms with van der Waals surface area (Å²) in [4.78, 5) is 2.80. The van der Waals surface area contributed by atoms with Crippen molar-refractivity contribution in [3.8, 4) is 0 Å². The molecule has 1 aliphatic carbocycles. The summed E-state index contributed by atoms with van der Waals surface area (Å²) < 4.78 is 1.25. The second kappa shape index (κ2) is 4.19. The van der Waals surface area contributed by atoms with Crippen LogP contribution < -0.4 is 5.32 Å². The molecular formula is C12H18BrNS. The lowest BCUT2D eigenvalue weighted by molar-refractivity contribution is 0.521. The molecule has 2 rings (SSSR count). The molecule has 1 fully saturated rings. The predicted octanol–water partition coefficient (Wildman–Crippen LogP) is 3.95. The minimum absolute atomic E-state index is 0.596. The molecule has 0 aromatic carbocycles. The van der Waals surface area contributed by atoms with Crippen molar-refractivity contribution in [2.45, 2.75) is 33.7 Å². The van der Waals surface area contributed by atoms with Crippen LogP contribution in [-0.4, -0.2) is 6.54 Å². The van der Waals surface area contributed by atoms with Crippen LogP contribution in [0.1, 0.15) is 30.0 Å². The van der Waals surface area contributed by atoms with Gasteiger partial charge in [0.1, 0.15) is 0 Å². The van der Waals surface area contributed by atoms with Gasteiger partial charge in [-0.15, -0.1) is 11.3 Å². The van der Waals surface area contributed by atoms with Crippen molar-refractivity contribution in [1.29, 1.82) is 0 Å². The number of hydrogen-bond acceptors (Lipinski definition) is 2. The molecule has 15 heavy (non-hydrogen) atoms. The molecule has 1 aromatic heterocycles.